The number of rotatable bonds is 7. The molecule has 2 aromatic heterocycles. The van der Waals surface area contributed by atoms with Gasteiger partial charge in [-0.25, -0.2) is 4.98 Å². The fourth-order valence-electron chi connectivity index (χ4n) is 2.71. The summed E-state index contributed by atoms with van der Waals surface area (Å²) < 4.78 is 12.1. The van der Waals surface area contributed by atoms with E-state index in [4.69, 9.17) is 16.3 Å². The summed E-state index contributed by atoms with van der Waals surface area (Å²) in [5.41, 5.74) is 2.82. The monoisotopic (exact) mass is 440 g/mol. The minimum Gasteiger partial charge on any atom is -0.489 e. The molecule has 0 amide bonds. The topological polar surface area (TPSA) is 78.6 Å². The second-order valence-corrected chi connectivity index (χ2v) is 7.62. The quantitative estimate of drug-likeness (QED) is 0.313. The second-order valence-electron chi connectivity index (χ2n) is 6.24. The van der Waals surface area contributed by atoms with E-state index in [-0.39, 0.29) is 11.7 Å². The van der Waals surface area contributed by atoms with E-state index in [1.165, 1.54) is 18.9 Å². The Kier molecular flexibility index (Phi) is 6.15. The maximum atomic E-state index is 11.3. The summed E-state index contributed by atoms with van der Waals surface area (Å²) in [6.07, 6.45) is 1.68. The standard InChI is InChI=1S/C21H17ClN4O3S/c1-28-19(27)13-30-21-24-20-23-11-10-18(26(20)25-21)15-4-8-17(9-5-15)29-12-14-2-6-16(22)7-3-14/h2-11H,12-13H2,1H3. The van der Waals surface area contributed by atoms with E-state index < -0.39 is 0 Å². The molecular formula is C21H17ClN4O3S. The molecular weight excluding hydrogens is 424 g/mol. The number of carbonyl (C=O) groups is 1. The number of ether oxygens (including phenoxy) is 2. The number of esters is 1. The van der Waals surface area contributed by atoms with Crippen molar-refractivity contribution in [2.45, 2.75) is 11.8 Å². The van der Waals surface area contributed by atoms with E-state index in [0.717, 1.165) is 22.6 Å². The Bertz CT molecular complexity index is 1160. The van der Waals surface area contributed by atoms with Crippen LogP contribution in [0.5, 0.6) is 5.75 Å². The van der Waals surface area contributed by atoms with Crippen LogP contribution >= 0.6 is 23.4 Å². The van der Waals surface area contributed by atoms with Crippen molar-refractivity contribution in [1.82, 2.24) is 19.6 Å². The lowest BCUT2D eigenvalue weighted by molar-refractivity contribution is -0.137. The minimum absolute atomic E-state index is 0.141. The molecule has 152 valence electrons. The first-order chi connectivity index (χ1) is 14.6. The van der Waals surface area contributed by atoms with Gasteiger partial charge in [0.15, 0.2) is 0 Å². The Morgan fingerprint density at radius 2 is 1.87 bits per heavy atom. The molecule has 0 N–H and O–H groups in total. The number of fused-ring (bicyclic) bond motifs is 1. The first-order valence-corrected chi connectivity index (χ1v) is 10.4. The van der Waals surface area contributed by atoms with Crippen molar-refractivity contribution in [3.63, 3.8) is 0 Å². The van der Waals surface area contributed by atoms with Crippen LogP contribution in [0, 0.1) is 0 Å². The molecule has 0 fully saturated rings. The van der Waals surface area contributed by atoms with Crippen molar-refractivity contribution >= 4 is 35.1 Å². The predicted molar refractivity (Wildman–Crippen MR) is 115 cm³/mol. The number of hydrogen-bond acceptors (Lipinski definition) is 7. The highest BCUT2D eigenvalue weighted by Gasteiger charge is 2.12. The number of benzene rings is 2. The molecule has 30 heavy (non-hydrogen) atoms. The predicted octanol–water partition coefficient (Wildman–Crippen LogP) is 4.29. The number of halogens is 1. The largest absolute Gasteiger partial charge is 0.489 e. The van der Waals surface area contributed by atoms with Gasteiger partial charge in [0.05, 0.1) is 18.6 Å². The average Bonchev–Trinajstić information content (AvgIpc) is 3.21. The number of methoxy groups -OCH3 is 1. The van der Waals surface area contributed by atoms with Crippen LogP contribution in [0.1, 0.15) is 5.56 Å². The van der Waals surface area contributed by atoms with E-state index in [9.17, 15) is 4.79 Å². The number of hydrogen-bond donors (Lipinski definition) is 0. The molecule has 4 aromatic rings. The molecule has 0 aliphatic carbocycles. The van der Waals surface area contributed by atoms with Crippen LogP contribution in [0.2, 0.25) is 5.02 Å². The first-order valence-electron chi connectivity index (χ1n) is 9.01. The molecule has 4 rings (SSSR count). The highest BCUT2D eigenvalue weighted by molar-refractivity contribution is 7.99. The van der Waals surface area contributed by atoms with Crippen LogP contribution in [0.15, 0.2) is 66.0 Å². The van der Waals surface area contributed by atoms with Gasteiger partial charge in [0.2, 0.25) is 5.16 Å². The summed E-state index contributed by atoms with van der Waals surface area (Å²) in [5.74, 6) is 1.03. The van der Waals surface area contributed by atoms with Gasteiger partial charge in [-0.2, -0.15) is 9.50 Å². The lowest BCUT2D eigenvalue weighted by Crippen LogP contribution is -2.03. The van der Waals surface area contributed by atoms with Crippen LogP contribution in [0.3, 0.4) is 0 Å². The van der Waals surface area contributed by atoms with Gasteiger partial charge in [0.25, 0.3) is 5.78 Å². The van der Waals surface area contributed by atoms with E-state index in [2.05, 4.69) is 19.8 Å². The SMILES string of the molecule is COC(=O)CSc1nc2nccc(-c3ccc(OCc4ccc(Cl)cc4)cc3)n2n1. The van der Waals surface area contributed by atoms with Crippen LogP contribution in [0.4, 0.5) is 0 Å². The number of carbonyl (C=O) groups excluding carboxylic acids is 1. The lowest BCUT2D eigenvalue weighted by atomic mass is 10.1. The number of thioether (sulfide) groups is 1. The fraction of sp³-hybridized carbons (Fsp3) is 0.143. The molecule has 0 radical (unpaired) electrons. The van der Waals surface area contributed by atoms with Crippen LogP contribution < -0.4 is 4.74 Å². The van der Waals surface area contributed by atoms with E-state index in [1.54, 1.807) is 10.7 Å². The van der Waals surface area contributed by atoms with Crippen molar-refractivity contribution < 1.29 is 14.3 Å². The summed E-state index contributed by atoms with van der Waals surface area (Å²) in [6, 6.07) is 17.1. The van der Waals surface area contributed by atoms with Crippen LogP contribution in [-0.4, -0.2) is 38.4 Å². The van der Waals surface area contributed by atoms with Gasteiger partial charge in [0.1, 0.15) is 12.4 Å². The molecule has 2 heterocycles. The zero-order valence-electron chi connectivity index (χ0n) is 16.0. The van der Waals surface area contributed by atoms with E-state index in [0.29, 0.717) is 22.6 Å². The molecule has 9 heteroatoms. The minimum atomic E-state index is -0.332. The maximum Gasteiger partial charge on any atom is 0.316 e. The second kappa shape index (κ2) is 9.15. The Balaban J connectivity index is 1.49. The Morgan fingerprint density at radius 1 is 1.10 bits per heavy atom. The molecule has 2 aromatic carbocycles. The summed E-state index contributed by atoms with van der Waals surface area (Å²) in [6.45, 7) is 0.458. The van der Waals surface area contributed by atoms with Gasteiger partial charge in [-0.1, -0.05) is 35.5 Å². The molecule has 0 aliphatic heterocycles. The Hall–Kier alpha value is -3.10. The highest BCUT2D eigenvalue weighted by Crippen LogP contribution is 2.24. The third-order valence-corrected chi connectivity index (χ3v) is 5.30. The Labute approximate surface area is 182 Å². The van der Waals surface area contributed by atoms with Crippen molar-refractivity contribution in [2.75, 3.05) is 12.9 Å². The highest BCUT2D eigenvalue weighted by atomic mass is 35.5. The van der Waals surface area contributed by atoms with Gasteiger partial charge < -0.3 is 9.47 Å². The van der Waals surface area contributed by atoms with Crippen molar-refractivity contribution in [1.29, 1.82) is 0 Å². The third-order valence-electron chi connectivity index (χ3n) is 4.24. The van der Waals surface area contributed by atoms with Crippen molar-refractivity contribution in [3.05, 3.63) is 71.4 Å². The maximum absolute atomic E-state index is 11.3. The molecule has 7 nitrogen and oxygen atoms in total. The zero-order chi connectivity index (χ0) is 20.9. The van der Waals surface area contributed by atoms with E-state index in [1.807, 2.05) is 54.6 Å². The van der Waals surface area contributed by atoms with Crippen molar-refractivity contribution in [3.8, 4) is 17.0 Å². The number of nitrogens with zero attached hydrogens (tertiary/aromatic N) is 4. The van der Waals surface area contributed by atoms with Crippen molar-refractivity contribution in [2.24, 2.45) is 0 Å². The summed E-state index contributed by atoms with van der Waals surface area (Å²) in [4.78, 5) is 19.9. The zero-order valence-corrected chi connectivity index (χ0v) is 17.6. The van der Waals surface area contributed by atoms with Gasteiger partial charge in [-0.15, -0.1) is 5.10 Å². The first kappa shape index (κ1) is 20.2. The fourth-order valence-corrected chi connectivity index (χ4v) is 3.48. The van der Waals surface area contributed by atoms with Gasteiger partial charge in [0, 0.05) is 16.8 Å². The van der Waals surface area contributed by atoms with Gasteiger partial charge >= 0.3 is 5.97 Å². The molecule has 0 saturated carbocycles. The van der Waals surface area contributed by atoms with Crippen LogP contribution in [-0.2, 0) is 16.1 Å². The number of aromatic nitrogens is 4. The average molecular weight is 441 g/mol. The molecule has 0 spiro atoms. The van der Waals surface area contributed by atoms with Crippen LogP contribution in [0.25, 0.3) is 17.0 Å². The molecule has 0 atom stereocenters. The summed E-state index contributed by atoms with van der Waals surface area (Å²) >= 11 is 7.11. The van der Waals surface area contributed by atoms with Gasteiger partial charge in [-0.3, -0.25) is 4.79 Å². The summed E-state index contributed by atoms with van der Waals surface area (Å²) in [7, 11) is 1.35. The smallest absolute Gasteiger partial charge is 0.316 e. The van der Waals surface area contributed by atoms with E-state index >= 15 is 0 Å². The lowest BCUT2D eigenvalue weighted by Gasteiger charge is -2.08. The molecule has 0 unspecified atom stereocenters. The third kappa shape index (κ3) is 4.72. The normalized spacial score (nSPS) is 10.9. The molecule has 0 bridgehead atoms. The molecule has 0 aliphatic rings. The summed E-state index contributed by atoms with van der Waals surface area (Å²) in [5, 5.41) is 5.62. The Morgan fingerprint density at radius 3 is 2.60 bits per heavy atom. The van der Waals surface area contributed by atoms with Gasteiger partial charge in [-0.05, 0) is 48.0 Å². The molecule has 0 saturated heterocycles.